The predicted molar refractivity (Wildman–Crippen MR) is 74.9 cm³/mol. The van der Waals surface area contributed by atoms with E-state index in [1.807, 2.05) is 13.8 Å². The summed E-state index contributed by atoms with van der Waals surface area (Å²) in [5.74, 6) is -1.03. The molecule has 1 amide bonds. The van der Waals surface area contributed by atoms with E-state index in [1.165, 1.54) is 7.11 Å². The number of halogens is 2. The molecule has 106 valence electrons. The average Bonchev–Trinajstić information content (AvgIpc) is 2.74. The van der Waals surface area contributed by atoms with Crippen LogP contribution in [0, 0.1) is 5.92 Å². The summed E-state index contributed by atoms with van der Waals surface area (Å²) >= 11 is 12.4. The predicted octanol–water partition coefficient (Wildman–Crippen LogP) is 2.77. The zero-order chi connectivity index (χ0) is 14.6. The van der Waals surface area contributed by atoms with Gasteiger partial charge in [-0.3, -0.25) is 4.79 Å². The minimum absolute atomic E-state index is 0.0569. The van der Waals surface area contributed by atoms with Gasteiger partial charge in [0.25, 0.3) is 5.91 Å². The third kappa shape index (κ3) is 3.81. The molecule has 1 aromatic rings. The Bertz CT molecular complexity index is 479. The van der Waals surface area contributed by atoms with E-state index in [0.29, 0.717) is 0 Å². The molecule has 2 atom stereocenters. The molecule has 1 heterocycles. The van der Waals surface area contributed by atoms with Crippen LogP contribution in [0.25, 0.3) is 0 Å². The van der Waals surface area contributed by atoms with Gasteiger partial charge in [0.05, 0.1) is 7.11 Å². The molecule has 1 aromatic heterocycles. The Morgan fingerprint density at radius 3 is 2.53 bits per heavy atom. The lowest BCUT2D eigenvalue weighted by atomic mass is 9.99. The van der Waals surface area contributed by atoms with Gasteiger partial charge in [-0.05, 0) is 17.5 Å². The van der Waals surface area contributed by atoms with Gasteiger partial charge in [-0.1, -0.05) is 43.5 Å². The highest BCUT2D eigenvalue weighted by Gasteiger charge is 2.28. The summed E-state index contributed by atoms with van der Waals surface area (Å²) in [5.41, 5.74) is 0. The molecule has 0 unspecified atom stereocenters. The number of hydrogen-bond donors (Lipinski definition) is 1. The van der Waals surface area contributed by atoms with Crippen LogP contribution in [0.4, 0.5) is 0 Å². The Morgan fingerprint density at radius 1 is 1.47 bits per heavy atom. The van der Waals surface area contributed by atoms with Crippen molar-refractivity contribution in [2.45, 2.75) is 26.3 Å². The van der Waals surface area contributed by atoms with Crippen molar-refractivity contribution in [2.24, 2.45) is 5.92 Å². The second kappa shape index (κ2) is 7.07. The quantitative estimate of drug-likeness (QED) is 0.845. The maximum absolute atomic E-state index is 12.0. The first-order valence-corrected chi connectivity index (χ1v) is 7.14. The lowest BCUT2D eigenvalue weighted by Crippen LogP contribution is -2.45. The molecular weight excluding hydrogens is 311 g/mol. The Kier molecular flexibility index (Phi) is 6.03. The first kappa shape index (κ1) is 16.2. The van der Waals surface area contributed by atoms with Crippen molar-refractivity contribution in [3.8, 4) is 0 Å². The number of nitrogens with one attached hydrogen (secondary N) is 1. The van der Waals surface area contributed by atoms with E-state index in [1.54, 1.807) is 0 Å². The van der Waals surface area contributed by atoms with Crippen molar-refractivity contribution in [1.29, 1.82) is 0 Å². The number of amides is 1. The van der Waals surface area contributed by atoms with Crippen LogP contribution in [-0.2, 0) is 9.53 Å². The molecule has 19 heavy (non-hydrogen) atoms. The standard InChI is InChI=1S/C11H14Cl2N2O3S/c1-4-5(2)7(11(17)18-3)14-10(16)8-6(12)9(13)15-19-8/h5,7H,4H2,1-3H3,(H,14,16)/t5-,7-/m0/s1. The number of carbonyl (C=O) groups is 2. The lowest BCUT2D eigenvalue weighted by Gasteiger charge is -2.21. The lowest BCUT2D eigenvalue weighted by molar-refractivity contribution is -0.144. The molecule has 0 saturated heterocycles. The summed E-state index contributed by atoms with van der Waals surface area (Å²) in [6.07, 6.45) is 0.719. The third-order valence-electron chi connectivity index (χ3n) is 2.76. The monoisotopic (exact) mass is 324 g/mol. The maximum atomic E-state index is 12.0. The molecule has 0 spiro atoms. The van der Waals surface area contributed by atoms with Crippen LogP contribution < -0.4 is 5.32 Å². The SMILES string of the molecule is CC[C@H](C)[C@H](NC(=O)c1snc(Cl)c1Cl)C(=O)OC. The van der Waals surface area contributed by atoms with Crippen molar-refractivity contribution in [3.63, 3.8) is 0 Å². The highest BCUT2D eigenvalue weighted by atomic mass is 35.5. The first-order chi connectivity index (χ1) is 8.92. The highest BCUT2D eigenvalue weighted by Crippen LogP contribution is 2.28. The molecule has 0 aliphatic rings. The summed E-state index contributed by atoms with van der Waals surface area (Å²) in [5, 5.41) is 2.78. The van der Waals surface area contributed by atoms with Gasteiger partial charge in [-0.15, -0.1) is 0 Å². The van der Waals surface area contributed by atoms with Crippen LogP contribution in [0.1, 0.15) is 29.9 Å². The molecule has 8 heteroatoms. The Hall–Kier alpha value is -0.850. The number of nitrogens with zero attached hydrogens (tertiary/aromatic N) is 1. The van der Waals surface area contributed by atoms with Crippen molar-refractivity contribution < 1.29 is 14.3 Å². The summed E-state index contributed by atoms with van der Waals surface area (Å²) in [6, 6.07) is -0.723. The summed E-state index contributed by atoms with van der Waals surface area (Å²) in [4.78, 5) is 23.9. The zero-order valence-corrected chi connectivity index (χ0v) is 13.0. The average molecular weight is 325 g/mol. The fourth-order valence-electron chi connectivity index (χ4n) is 1.40. The van der Waals surface area contributed by atoms with Gasteiger partial charge < -0.3 is 10.1 Å². The molecule has 5 nitrogen and oxygen atoms in total. The van der Waals surface area contributed by atoms with Gasteiger partial charge in [0, 0.05) is 0 Å². The van der Waals surface area contributed by atoms with E-state index < -0.39 is 17.9 Å². The van der Waals surface area contributed by atoms with E-state index in [4.69, 9.17) is 23.2 Å². The van der Waals surface area contributed by atoms with Gasteiger partial charge in [0.2, 0.25) is 0 Å². The maximum Gasteiger partial charge on any atom is 0.328 e. The van der Waals surface area contributed by atoms with Crippen LogP contribution >= 0.6 is 34.7 Å². The van der Waals surface area contributed by atoms with Crippen LogP contribution in [0.3, 0.4) is 0 Å². The second-order valence-electron chi connectivity index (χ2n) is 3.98. The van der Waals surface area contributed by atoms with Crippen LogP contribution in [-0.4, -0.2) is 29.4 Å². The summed E-state index contributed by atoms with van der Waals surface area (Å²) < 4.78 is 8.46. The second-order valence-corrected chi connectivity index (χ2v) is 5.49. The Labute approximate surface area is 125 Å². The van der Waals surface area contributed by atoms with Gasteiger partial charge in [-0.25, -0.2) is 4.79 Å². The molecular formula is C11H14Cl2N2O3S. The number of carbonyl (C=O) groups excluding carboxylic acids is 2. The van der Waals surface area contributed by atoms with Crippen LogP contribution in [0.2, 0.25) is 10.2 Å². The molecule has 0 aromatic carbocycles. The van der Waals surface area contributed by atoms with Crippen molar-refractivity contribution in [1.82, 2.24) is 9.69 Å². The summed E-state index contributed by atoms with van der Waals surface area (Å²) in [6.45, 7) is 3.77. The minimum atomic E-state index is -0.723. The number of hydrogen-bond acceptors (Lipinski definition) is 5. The molecule has 0 bridgehead atoms. The number of esters is 1. The molecule has 0 aliphatic heterocycles. The van der Waals surface area contributed by atoms with E-state index in [9.17, 15) is 9.59 Å². The Balaban J connectivity index is 2.88. The molecule has 1 rings (SSSR count). The van der Waals surface area contributed by atoms with Gasteiger partial charge in [0.1, 0.15) is 15.9 Å². The fourth-order valence-corrected chi connectivity index (χ4v) is 2.52. The number of rotatable bonds is 5. The minimum Gasteiger partial charge on any atom is -0.467 e. The van der Waals surface area contributed by atoms with Crippen molar-refractivity contribution >= 4 is 46.6 Å². The number of ether oxygens (including phenoxy) is 1. The normalized spacial score (nSPS) is 13.7. The first-order valence-electron chi connectivity index (χ1n) is 5.61. The van der Waals surface area contributed by atoms with Crippen molar-refractivity contribution in [3.05, 3.63) is 15.1 Å². The van der Waals surface area contributed by atoms with E-state index >= 15 is 0 Å². The molecule has 0 radical (unpaired) electrons. The molecule has 0 aliphatic carbocycles. The van der Waals surface area contributed by atoms with Gasteiger partial charge in [0.15, 0.2) is 5.15 Å². The Morgan fingerprint density at radius 2 is 2.11 bits per heavy atom. The van der Waals surface area contributed by atoms with Gasteiger partial charge >= 0.3 is 5.97 Å². The number of methoxy groups -OCH3 is 1. The van der Waals surface area contributed by atoms with Crippen molar-refractivity contribution in [2.75, 3.05) is 7.11 Å². The molecule has 0 fully saturated rings. The van der Waals surface area contributed by atoms with E-state index in [0.717, 1.165) is 18.0 Å². The topological polar surface area (TPSA) is 68.3 Å². The molecule has 1 N–H and O–H groups in total. The van der Waals surface area contributed by atoms with E-state index in [2.05, 4.69) is 14.4 Å². The largest absolute Gasteiger partial charge is 0.467 e. The smallest absolute Gasteiger partial charge is 0.328 e. The van der Waals surface area contributed by atoms with Gasteiger partial charge in [-0.2, -0.15) is 4.37 Å². The number of aromatic nitrogens is 1. The third-order valence-corrected chi connectivity index (χ3v) is 4.55. The highest BCUT2D eigenvalue weighted by molar-refractivity contribution is 7.09. The van der Waals surface area contributed by atoms with Crippen LogP contribution in [0.5, 0.6) is 0 Å². The van der Waals surface area contributed by atoms with E-state index in [-0.39, 0.29) is 21.0 Å². The summed E-state index contributed by atoms with van der Waals surface area (Å²) in [7, 11) is 1.28. The fraction of sp³-hybridized carbons (Fsp3) is 0.545. The molecule has 0 saturated carbocycles. The van der Waals surface area contributed by atoms with Crippen LogP contribution in [0.15, 0.2) is 0 Å². The zero-order valence-electron chi connectivity index (χ0n) is 10.7.